The highest BCUT2D eigenvalue weighted by Crippen LogP contribution is 2.54. The largest absolute Gasteiger partial charge is 0.341 e. The molecule has 1 aromatic carbocycles. The Morgan fingerprint density at radius 1 is 1.21 bits per heavy atom. The maximum absolute atomic E-state index is 13.1. The van der Waals surface area contributed by atoms with Gasteiger partial charge >= 0.3 is 0 Å². The van der Waals surface area contributed by atoms with E-state index in [1.54, 1.807) is 11.9 Å². The van der Waals surface area contributed by atoms with Gasteiger partial charge in [-0.2, -0.15) is 0 Å². The van der Waals surface area contributed by atoms with Crippen LogP contribution in [0.1, 0.15) is 24.8 Å². The van der Waals surface area contributed by atoms with E-state index in [4.69, 9.17) is 0 Å². The fourth-order valence-corrected chi connectivity index (χ4v) is 3.22. The van der Waals surface area contributed by atoms with E-state index in [1.807, 2.05) is 0 Å². The topological polar surface area (TPSA) is 20.3 Å². The van der Waals surface area contributed by atoms with Gasteiger partial charge in [-0.05, 0) is 48.8 Å². The molecule has 0 aromatic heterocycles. The molecule has 2 fully saturated rings. The van der Waals surface area contributed by atoms with Crippen molar-refractivity contribution >= 4 is 5.91 Å². The second-order valence-corrected chi connectivity index (χ2v) is 5.87. The van der Waals surface area contributed by atoms with Gasteiger partial charge in [-0.15, -0.1) is 0 Å². The summed E-state index contributed by atoms with van der Waals surface area (Å²) in [5.41, 5.74) is 0.623. The molecule has 1 aromatic rings. The van der Waals surface area contributed by atoms with Crippen LogP contribution in [-0.4, -0.2) is 17.9 Å². The first kappa shape index (κ1) is 12.6. The van der Waals surface area contributed by atoms with E-state index in [-0.39, 0.29) is 11.8 Å². The van der Waals surface area contributed by atoms with Crippen LogP contribution < -0.4 is 0 Å². The zero-order valence-corrected chi connectivity index (χ0v) is 10.9. The summed E-state index contributed by atoms with van der Waals surface area (Å²) in [5, 5.41) is 0. The Hall–Kier alpha value is -1.45. The zero-order chi connectivity index (χ0) is 13.6. The van der Waals surface area contributed by atoms with Gasteiger partial charge in [0.1, 0.15) is 0 Å². The Morgan fingerprint density at radius 3 is 2.53 bits per heavy atom. The maximum atomic E-state index is 13.1. The second kappa shape index (κ2) is 4.58. The molecule has 19 heavy (non-hydrogen) atoms. The summed E-state index contributed by atoms with van der Waals surface area (Å²) in [4.78, 5) is 13.9. The third kappa shape index (κ3) is 2.48. The van der Waals surface area contributed by atoms with Gasteiger partial charge in [-0.3, -0.25) is 4.79 Å². The molecule has 0 saturated heterocycles. The molecule has 3 rings (SSSR count). The number of amides is 1. The fourth-order valence-electron chi connectivity index (χ4n) is 3.22. The smallest absolute Gasteiger partial charge is 0.225 e. The van der Waals surface area contributed by atoms with Crippen molar-refractivity contribution in [2.75, 3.05) is 7.05 Å². The zero-order valence-electron chi connectivity index (χ0n) is 10.9. The molecule has 0 bridgehead atoms. The lowest BCUT2D eigenvalue weighted by molar-refractivity contribution is -0.134. The Labute approximate surface area is 111 Å². The van der Waals surface area contributed by atoms with E-state index in [2.05, 4.69) is 0 Å². The standard InChI is InChI=1S/C15H17F2NO/c1-18(8-9-2-3-13(16)14(17)4-9)15(19)12-6-10-5-11(10)7-12/h2-4,10-12H,5-8H2,1H3. The molecular formula is C15H17F2NO. The highest BCUT2D eigenvalue weighted by molar-refractivity contribution is 5.79. The SMILES string of the molecule is CN(Cc1ccc(F)c(F)c1)C(=O)C1CC2CC2C1. The van der Waals surface area contributed by atoms with Crippen LogP contribution in [0, 0.1) is 29.4 Å². The van der Waals surface area contributed by atoms with Gasteiger partial charge in [-0.1, -0.05) is 6.07 Å². The minimum atomic E-state index is -0.861. The molecular weight excluding hydrogens is 248 g/mol. The molecule has 2 nitrogen and oxygen atoms in total. The first-order chi connectivity index (χ1) is 9.04. The van der Waals surface area contributed by atoms with Crippen LogP contribution in [0.3, 0.4) is 0 Å². The van der Waals surface area contributed by atoms with Crippen LogP contribution in [-0.2, 0) is 11.3 Å². The van der Waals surface area contributed by atoms with Crippen molar-refractivity contribution < 1.29 is 13.6 Å². The molecule has 2 saturated carbocycles. The highest BCUT2D eigenvalue weighted by atomic mass is 19.2. The average Bonchev–Trinajstić information content (AvgIpc) is 2.99. The van der Waals surface area contributed by atoms with Gasteiger partial charge in [0.05, 0.1) is 0 Å². The molecule has 2 aliphatic carbocycles. The van der Waals surface area contributed by atoms with E-state index >= 15 is 0 Å². The van der Waals surface area contributed by atoms with Crippen molar-refractivity contribution in [1.82, 2.24) is 4.90 Å². The lowest BCUT2D eigenvalue weighted by Gasteiger charge is -2.22. The quantitative estimate of drug-likeness (QED) is 0.822. The van der Waals surface area contributed by atoms with Gasteiger partial charge in [0, 0.05) is 19.5 Å². The molecule has 0 radical (unpaired) electrons. The van der Waals surface area contributed by atoms with Crippen LogP contribution in [0.25, 0.3) is 0 Å². The van der Waals surface area contributed by atoms with Crippen molar-refractivity contribution in [2.45, 2.75) is 25.8 Å². The molecule has 1 amide bonds. The average molecular weight is 265 g/mol. The normalized spacial score (nSPS) is 28.1. The maximum Gasteiger partial charge on any atom is 0.225 e. The van der Waals surface area contributed by atoms with Crippen molar-refractivity contribution in [3.05, 3.63) is 35.4 Å². The minimum Gasteiger partial charge on any atom is -0.341 e. The molecule has 2 unspecified atom stereocenters. The van der Waals surface area contributed by atoms with Crippen LogP contribution >= 0.6 is 0 Å². The van der Waals surface area contributed by atoms with Crippen LogP contribution in [0.4, 0.5) is 8.78 Å². The summed E-state index contributed by atoms with van der Waals surface area (Å²) in [6.07, 6.45) is 3.30. The number of rotatable bonds is 3. The minimum absolute atomic E-state index is 0.136. The van der Waals surface area contributed by atoms with E-state index in [0.717, 1.165) is 36.8 Å². The molecule has 2 atom stereocenters. The summed E-state index contributed by atoms with van der Waals surface area (Å²) in [5.74, 6) is 0.0984. The third-order valence-corrected chi connectivity index (χ3v) is 4.37. The summed E-state index contributed by atoms with van der Waals surface area (Å²) in [6, 6.07) is 3.79. The van der Waals surface area contributed by atoms with Crippen molar-refractivity contribution in [2.24, 2.45) is 17.8 Å². The molecule has 4 heteroatoms. The number of hydrogen-bond acceptors (Lipinski definition) is 1. The third-order valence-electron chi connectivity index (χ3n) is 4.37. The number of nitrogens with zero attached hydrogens (tertiary/aromatic N) is 1. The highest BCUT2D eigenvalue weighted by Gasteiger charge is 2.48. The predicted molar refractivity (Wildman–Crippen MR) is 67.2 cm³/mol. The first-order valence-electron chi connectivity index (χ1n) is 6.73. The Kier molecular flexibility index (Phi) is 3.03. The van der Waals surface area contributed by atoms with Gasteiger partial charge in [0.2, 0.25) is 5.91 Å². The van der Waals surface area contributed by atoms with Gasteiger partial charge in [0.15, 0.2) is 11.6 Å². The van der Waals surface area contributed by atoms with Crippen LogP contribution in [0.15, 0.2) is 18.2 Å². The van der Waals surface area contributed by atoms with Gasteiger partial charge in [-0.25, -0.2) is 8.78 Å². The molecule has 2 aliphatic rings. The number of carbonyl (C=O) groups excluding carboxylic acids is 1. The van der Waals surface area contributed by atoms with Crippen LogP contribution in [0.5, 0.6) is 0 Å². The van der Waals surface area contributed by atoms with Gasteiger partial charge in [0.25, 0.3) is 0 Å². The fraction of sp³-hybridized carbons (Fsp3) is 0.533. The summed E-state index contributed by atoms with van der Waals surface area (Å²) in [7, 11) is 1.73. The van der Waals surface area contributed by atoms with E-state index in [0.29, 0.717) is 12.1 Å². The first-order valence-corrected chi connectivity index (χ1v) is 6.73. The Morgan fingerprint density at radius 2 is 1.89 bits per heavy atom. The lowest BCUT2D eigenvalue weighted by Crippen LogP contribution is -2.32. The molecule has 102 valence electrons. The van der Waals surface area contributed by atoms with Crippen molar-refractivity contribution in [3.8, 4) is 0 Å². The van der Waals surface area contributed by atoms with E-state index in [9.17, 15) is 13.6 Å². The molecule has 0 N–H and O–H groups in total. The molecule has 0 aliphatic heterocycles. The Bertz CT molecular complexity index is 507. The number of benzene rings is 1. The second-order valence-electron chi connectivity index (χ2n) is 5.87. The van der Waals surface area contributed by atoms with Gasteiger partial charge < -0.3 is 4.90 Å². The summed E-state index contributed by atoms with van der Waals surface area (Å²) >= 11 is 0. The summed E-state index contributed by atoms with van der Waals surface area (Å²) in [6.45, 7) is 0.335. The number of halogens is 2. The molecule has 0 spiro atoms. The lowest BCUT2D eigenvalue weighted by atomic mass is 10.0. The summed E-state index contributed by atoms with van der Waals surface area (Å²) < 4.78 is 25.9. The van der Waals surface area contributed by atoms with Crippen molar-refractivity contribution in [3.63, 3.8) is 0 Å². The number of carbonyl (C=O) groups is 1. The van der Waals surface area contributed by atoms with E-state index in [1.165, 1.54) is 12.5 Å². The number of hydrogen-bond donors (Lipinski definition) is 0. The Balaban J connectivity index is 1.62. The molecule has 0 heterocycles. The van der Waals surface area contributed by atoms with Crippen molar-refractivity contribution in [1.29, 1.82) is 0 Å². The predicted octanol–water partition coefficient (Wildman–Crippen LogP) is 2.97. The number of fused-ring (bicyclic) bond motifs is 1. The van der Waals surface area contributed by atoms with Crippen LogP contribution in [0.2, 0.25) is 0 Å². The van der Waals surface area contributed by atoms with E-state index < -0.39 is 11.6 Å². The monoisotopic (exact) mass is 265 g/mol.